The van der Waals surface area contributed by atoms with E-state index in [0.717, 1.165) is 39.4 Å². The number of carbonyl (C=O) groups is 1. The molecular weight excluding hydrogens is 403 g/mol. The summed E-state index contributed by atoms with van der Waals surface area (Å²) in [4.78, 5) is 12.4. The second-order valence-corrected chi connectivity index (χ2v) is 8.00. The molecule has 1 aromatic rings. The fraction of sp³-hybridized carbons (Fsp3) is 0.632. The molecular formula is C19H27IO3. The maximum absolute atomic E-state index is 12.4. The largest absolute Gasteiger partial charge is 0.492 e. The number of esters is 1. The Hall–Kier alpha value is -0.780. The predicted molar refractivity (Wildman–Crippen MR) is 101 cm³/mol. The second-order valence-electron chi connectivity index (χ2n) is 6.84. The zero-order valence-corrected chi connectivity index (χ0v) is 16.7. The van der Waals surface area contributed by atoms with Crippen LogP contribution in [-0.2, 0) is 9.53 Å². The van der Waals surface area contributed by atoms with Crippen LogP contribution in [0.4, 0.5) is 0 Å². The van der Waals surface area contributed by atoms with E-state index in [1.54, 1.807) is 0 Å². The Kier molecular flexibility index (Phi) is 6.74. The van der Waals surface area contributed by atoms with Crippen molar-refractivity contribution in [1.29, 1.82) is 0 Å². The lowest BCUT2D eigenvalue weighted by atomic mass is 9.89. The first kappa shape index (κ1) is 18.6. The van der Waals surface area contributed by atoms with Gasteiger partial charge in [-0.25, -0.2) is 0 Å². The topological polar surface area (TPSA) is 35.5 Å². The van der Waals surface area contributed by atoms with Crippen LogP contribution in [0.1, 0.15) is 57.1 Å². The second kappa shape index (κ2) is 8.36. The van der Waals surface area contributed by atoms with Gasteiger partial charge in [0.1, 0.15) is 5.75 Å². The molecule has 0 bridgehead atoms. The summed E-state index contributed by atoms with van der Waals surface area (Å²) in [6, 6.07) is 4.17. The van der Waals surface area contributed by atoms with Crippen LogP contribution in [0, 0.1) is 22.3 Å². The van der Waals surface area contributed by atoms with Crippen molar-refractivity contribution in [2.45, 2.75) is 52.9 Å². The molecule has 1 atom stereocenters. The Morgan fingerprint density at radius 2 is 2.04 bits per heavy atom. The molecule has 0 aromatic heterocycles. The third kappa shape index (κ3) is 5.37. The van der Waals surface area contributed by atoms with Crippen molar-refractivity contribution >= 4 is 28.6 Å². The van der Waals surface area contributed by atoms with E-state index in [1.807, 2.05) is 6.92 Å². The van der Waals surface area contributed by atoms with Crippen LogP contribution in [0.3, 0.4) is 0 Å². The number of hydrogen-bond acceptors (Lipinski definition) is 3. The van der Waals surface area contributed by atoms with E-state index >= 15 is 0 Å². The average Bonchev–Trinajstić information content (AvgIpc) is 3.28. The number of carbonyl (C=O) groups excluding carboxylic acids is 1. The number of halogens is 1. The third-order valence-electron chi connectivity index (χ3n) is 4.09. The van der Waals surface area contributed by atoms with Crippen molar-refractivity contribution in [3.05, 3.63) is 26.8 Å². The summed E-state index contributed by atoms with van der Waals surface area (Å²) < 4.78 is 12.4. The summed E-state index contributed by atoms with van der Waals surface area (Å²) in [5.41, 5.74) is 2.14. The van der Waals surface area contributed by atoms with Gasteiger partial charge in [-0.1, -0.05) is 19.9 Å². The van der Waals surface area contributed by atoms with Crippen LogP contribution in [0.5, 0.6) is 5.75 Å². The molecule has 1 aromatic carbocycles. The van der Waals surface area contributed by atoms with Crippen molar-refractivity contribution in [2.75, 3.05) is 13.2 Å². The van der Waals surface area contributed by atoms with Gasteiger partial charge in [0.2, 0.25) is 0 Å². The van der Waals surface area contributed by atoms with Gasteiger partial charge < -0.3 is 9.47 Å². The summed E-state index contributed by atoms with van der Waals surface area (Å²) in [6.07, 6.45) is 3.37. The highest BCUT2D eigenvalue weighted by Crippen LogP contribution is 2.35. The van der Waals surface area contributed by atoms with Crippen LogP contribution in [-0.4, -0.2) is 19.2 Å². The minimum atomic E-state index is -0.195. The highest BCUT2D eigenvalue weighted by Gasteiger charge is 2.26. The molecule has 1 unspecified atom stereocenters. The lowest BCUT2D eigenvalue weighted by molar-refractivity contribution is -0.145. The third-order valence-corrected chi connectivity index (χ3v) is 4.89. The minimum absolute atomic E-state index is 0.122. The first-order valence-corrected chi connectivity index (χ1v) is 9.59. The van der Waals surface area contributed by atoms with Gasteiger partial charge in [-0.15, -0.1) is 0 Å². The highest BCUT2D eigenvalue weighted by atomic mass is 127. The van der Waals surface area contributed by atoms with Gasteiger partial charge in [-0.3, -0.25) is 4.79 Å². The Labute approximate surface area is 153 Å². The molecule has 128 valence electrons. The maximum Gasteiger partial charge on any atom is 0.313 e. The van der Waals surface area contributed by atoms with E-state index in [2.05, 4.69) is 55.5 Å². The summed E-state index contributed by atoms with van der Waals surface area (Å²) in [6.45, 7) is 9.42. The average molecular weight is 430 g/mol. The van der Waals surface area contributed by atoms with E-state index in [0.29, 0.717) is 12.5 Å². The lowest BCUT2D eigenvalue weighted by Gasteiger charge is -2.20. The molecule has 1 fully saturated rings. The number of hydrogen-bond donors (Lipinski definition) is 0. The van der Waals surface area contributed by atoms with Gasteiger partial charge in [0, 0.05) is 0 Å². The Bertz CT molecular complexity index is 527. The van der Waals surface area contributed by atoms with Crippen molar-refractivity contribution in [3.63, 3.8) is 0 Å². The van der Waals surface area contributed by atoms with Crippen molar-refractivity contribution < 1.29 is 14.3 Å². The molecule has 0 aliphatic heterocycles. The van der Waals surface area contributed by atoms with Gasteiger partial charge in [-0.05, 0) is 84.7 Å². The van der Waals surface area contributed by atoms with Gasteiger partial charge in [-0.2, -0.15) is 0 Å². The molecule has 2 rings (SSSR count). The fourth-order valence-electron chi connectivity index (χ4n) is 2.71. The lowest BCUT2D eigenvalue weighted by Crippen LogP contribution is -2.18. The van der Waals surface area contributed by atoms with Crippen LogP contribution >= 0.6 is 22.6 Å². The molecule has 0 spiro atoms. The molecule has 3 nitrogen and oxygen atoms in total. The molecule has 1 aliphatic carbocycles. The van der Waals surface area contributed by atoms with Crippen LogP contribution in [0.2, 0.25) is 0 Å². The van der Waals surface area contributed by atoms with Crippen molar-refractivity contribution in [1.82, 2.24) is 0 Å². The molecule has 4 heteroatoms. The molecule has 0 radical (unpaired) electrons. The first-order valence-electron chi connectivity index (χ1n) is 8.51. The summed E-state index contributed by atoms with van der Waals surface area (Å²) in [5.74, 6) is 1.82. The summed E-state index contributed by atoms with van der Waals surface area (Å²) >= 11 is 2.31. The normalized spacial score (nSPS) is 15.6. The molecule has 0 saturated heterocycles. The Balaban J connectivity index is 2.22. The van der Waals surface area contributed by atoms with E-state index in [4.69, 9.17) is 9.47 Å². The zero-order valence-electron chi connectivity index (χ0n) is 14.5. The monoisotopic (exact) mass is 430 g/mol. The molecule has 0 N–H and O–H groups in total. The Morgan fingerprint density at radius 3 is 2.57 bits per heavy atom. The van der Waals surface area contributed by atoms with Gasteiger partial charge >= 0.3 is 5.97 Å². The highest BCUT2D eigenvalue weighted by molar-refractivity contribution is 14.1. The number of rotatable bonds is 8. The van der Waals surface area contributed by atoms with E-state index in [1.165, 1.54) is 12.8 Å². The Morgan fingerprint density at radius 1 is 1.35 bits per heavy atom. The molecule has 0 heterocycles. The minimum Gasteiger partial charge on any atom is -0.492 e. The van der Waals surface area contributed by atoms with E-state index < -0.39 is 0 Å². The smallest absolute Gasteiger partial charge is 0.313 e. The molecule has 23 heavy (non-hydrogen) atoms. The predicted octanol–water partition coefficient (Wildman–Crippen LogP) is 5.08. The number of ether oxygens (including phenoxy) is 2. The van der Waals surface area contributed by atoms with Gasteiger partial charge in [0.05, 0.1) is 22.7 Å². The fourth-order valence-corrected chi connectivity index (χ4v) is 3.65. The maximum atomic E-state index is 12.4. The van der Waals surface area contributed by atoms with E-state index in [-0.39, 0.29) is 11.9 Å². The van der Waals surface area contributed by atoms with Crippen molar-refractivity contribution in [3.8, 4) is 5.75 Å². The number of aryl methyl sites for hydroxylation is 1. The molecule has 1 saturated carbocycles. The summed E-state index contributed by atoms with van der Waals surface area (Å²) in [7, 11) is 0. The first-order chi connectivity index (χ1) is 10.9. The zero-order chi connectivity index (χ0) is 17.0. The van der Waals surface area contributed by atoms with Crippen LogP contribution in [0.15, 0.2) is 12.1 Å². The van der Waals surface area contributed by atoms with Crippen molar-refractivity contribution in [2.24, 2.45) is 11.8 Å². The SMILES string of the molecule is CCOC(=O)C(CC(C)C)c1cc(C)c(OCC2CC2)c(I)c1. The van der Waals surface area contributed by atoms with Crippen LogP contribution < -0.4 is 4.74 Å². The van der Waals surface area contributed by atoms with Gasteiger partial charge in [0.25, 0.3) is 0 Å². The van der Waals surface area contributed by atoms with Gasteiger partial charge in [0.15, 0.2) is 0 Å². The van der Waals surface area contributed by atoms with Crippen LogP contribution in [0.25, 0.3) is 0 Å². The van der Waals surface area contributed by atoms with E-state index in [9.17, 15) is 4.79 Å². The quantitative estimate of drug-likeness (QED) is 0.426. The standard InChI is InChI=1S/C19H27IO3/c1-5-22-19(21)16(8-12(2)3)15-9-13(4)18(17(20)10-15)23-11-14-6-7-14/h9-10,12,14,16H,5-8,11H2,1-4H3. The summed E-state index contributed by atoms with van der Waals surface area (Å²) in [5, 5.41) is 0. The molecule has 0 amide bonds. The number of benzene rings is 1. The molecule has 1 aliphatic rings.